The van der Waals surface area contributed by atoms with E-state index in [1.54, 1.807) is 0 Å². The van der Waals surface area contributed by atoms with Crippen LogP contribution in [0, 0.1) is 0 Å². The molecule has 0 bridgehead atoms. The Morgan fingerprint density at radius 1 is 0.640 bits per heavy atom. The van der Waals surface area contributed by atoms with Crippen molar-refractivity contribution < 1.29 is 0 Å². The van der Waals surface area contributed by atoms with Gasteiger partial charge >= 0.3 is 0 Å². The highest BCUT2D eigenvalue weighted by atomic mass is 79.9. The van der Waals surface area contributed by atoms with Crippen molar-refractivity contribution in [1.82, 2.24) is 0 Å². The largest absolute Gasteiger partial charge is 0.314 e. The molecule has 0 aromatic heterocycles. The first-order valence-corrected chi connectivity index (χ1v) is 9.07. The van der Waals surface area contributed by atoms with Crippen LogP contribution in [0.1, 0.15) is 16.7 Å². The third-order valence-corrected chi connectivity index (χ3v) is 5.13. The Balaban J connectivity index is 1.81. The molecule has 3 aromatic rings. The lowest BCUT2D eigenvalue weighted by atomic mass is 10.0. The van der Waals surface area contributed by atoms with E-state index < -0.39 is 5.54 Å². The van der Waals surface area contributed by atoms with E-state index in [9.17, 15) is 0 Å². The summed E-state index contributed by atoms with van der Waals surface area (Å²) in [5.74, 6) is 0. The second kappa shape index (κ2) is 6.47. The maximum atomic E-state index is 6.85. The molecule has 25 heavy (non-hydrogen) atoms. The Labute approximate surface area is 156 Å². The van der Waals surface area contributed by atoms with Crippen LogP contribution in [0.4, 0.5) is 0 Å². The van der Waals surface area contributed by atoms with E-state index in [1.165, 1.54) is 22.3 Å². The number of hydrogen-bond donors (Lipinski definition) is 1. The second-order valence-corrected chi connectivity index (χ2v) is 7.17. The normalized spacial score (nSPS) is 22.3. The molecule has 2 heteroatoms. The molecule has 0 spiro atoms. The van der Waals surface area contributed by atoms with Gasteiger partial charge in [0.15, 0.2) is 0 Å². The number of hydrogen-bond acceptors (Lipinski definition) is 1. The fourth-order valence-corrected chi connectivity index (χ4v) is 3.44. The van der Waals surface area contributed by atoms with Crippen LogP contribution in [0.2, 0.25) is 0 Å². The van der Waals surface area contributed by atoms with Crippen LogP contribution >= 0.6 is 15.9 Å². The minimum Gasteiger partial charge on any atom is -0.314 e. The standard InChI is InChI=1S/C23H18BrN/c24-20-13-11-19(12-14-20)23(25)21(15-17-7-3-1-4-8-17)22(23)16-18-9-5-2-6-10-18/h1-16H,25H2. The van der Waals surface area contributed by atoms with Gasteiger partial charge in [-0.3, -0.25) is 0 Å². The molecule has 1 fully saturated rings. The monoisotopic (exact) mass is 387 g/mol. The number of rotatable bonds is 3. The van der Waals surface area contributed by atoms with E-state index in [4.69, 9.17) is 5.73 Å². The Hall–Kier alpha value is -2.42. The van der Waals surface area contributed by atoms with Gasteiger partial charge in [-0.1, -0.05) is 88.7 Å². The molecule has 2 N–H and O–H groups in total. The molecular weight excluding hydrogens is 370 g/mol. The first-order valence-electron chi connectivity index (χ1n) is 8.28. The third-order valence-electron chi connectivity index (χ3n) is 4.60. The minimum absolute atomic E-state index is 0.521. The van der Waals surface area contributed by atoms with E-state index in [1.807, 2.05) is 48.5 Å². The molecule has 0 heterocycles. The maximum absolute atomic E-state index is 6.85. The van der Waals surface area contributed by atoms with Crippen molar-refractivity contribution in [2.24, 2.45) is 5.73 Å². The summed E-state index contributed by atoms with van der Waals surface area (Å²) in [5, 5.41) is 0. The highest BCUT2D eigenvalue weighted by Gasteiger charge is 2.52. The van der Waals surface area contributed by atoms with E-state index in [0.717, 1.165) is 10.0 Å². The van der Waals surface area contributed by atoms with Crippen molar-refractivity contribution in [3.05, 3.63) is 117 Å². The first-order chi connectivity index (χ1) is 12.2. The van der Waals surface area contributed by atoms with Gasteiger partial charge in [-0.2, -0.15) is 0 Å². The number of nitrogens with two attached hydrogens (primary N) is 1. The Morgan fingerprint density at radius 3 is 1.52 bits per heavy atom. The Bertz CT molecular complexity index is 883. The molecule has 1 aliphatic rings. The fraction of sp³-hybridized carbons (Fsp3) is 0.0435. The topological polar surface area (TPSA) is 26.0 Å². The Kier molecular flexibility index (Phi) is 4.16. The quantitative estimate of drug-likeness (QED) is 0.604. The molecular formula is C23H18BrN. The van der Waals surface area contributed by atoms with Gasteiger partial charge in [-0.15, -0.1) is 0 Å². The lowest BCUT2D eigenvalue weighted by Gasteiger charge is -2.08. The summed E-state index contributed by atoms with van der Waals surface area (Å²) in [4.78, 5) is 0. The lowest BCUT2D eigenvalue weighted by Crippen LogP contribution is -2.20. The summed E-state index contributed by atoms with van der Waals surface area (Å²) in [6.45, 7) is 0. The average molecular weight is 388 g/mol. The van der Waals surface area contributed by atoms with Gasteiger partial charge in [0.2, 0.25) is 0 Å². The zero-order valence-corrected chi connectivity index (χ0v) is 15.3. The molecule has 1 aliphatic carbocycles. The first kappa shape index (κ1) is 16.1. The van der Waals surface area contributed by atoms with Gasteiger partial charge in [-0.25, -0.2) is 0 Å². The molecule has 3 aromatic carbocycles. The van der Waals surface area contributed by atoms with Gasteiger partial charge in [-0.05, 0) is 52.1 Å². The van der Waals surface area contributed by atoms with Crippen molar-refractivity contribution in [2.75, 3.05) is 0 Å². The van der Waals surface area contributed by atoms with E-state index in [2.05, 4.69) is 64.5 Å². The van der Waals surface area contributed by atoms with Crippen molar-refractivity contribution in [3.63, 3.8) is 0 Å². The summed E-state index contributed by atoms with van der Waals surface area (Å²) in [6.07, 6.45) is 4.38. The molecule has 0 aliphatic heterocycles. The summed E-state index contributed by atoms with van der Waals surface area (Å²) < 4.78 is 1.06. The molecule has 122 valence electrons. The predicted octanol–water partition coefficient (Wildman–Crippen LogP) is 5.78. The minimum atomic E-state index is -0.521. The van der Waals surface area contributed by atoms with Crippen molar-refractivity contribution in [2.45, 2.75) is 5.54 Å². The number of halogens is 1. The fourth-order valence-electron chi connectivity index (χ4n) is 3.18. The molecule has 0 unspecified atom stereocenters. The van der Waals surface area contributed by atoms with Crippen LogP contribution in [-0.4, -0.2) is 0 Å². The second-order valence-electron chi connectivity index (χ2n) is 6.25. The SMILES string of the molecule is NC1(c2ccc(Br)cc2)C(=Cc2ccccc2)C1=Cc1ccccc1. The molecule has 0 saturated heterocycles. The van der Waals surface area contributed by atoms with Crippen LogP contribution in [0.25, 0.3) is 12.2 Å². The predicted molar refractivity (Wildman–Crippen MR) is 109 cm³/mol. The van der Waals surface area contributed by atoms with Crippen molar-refractivity contribution in [1.29, 1.82) is 0 Å². The molecule has 0 amide bonds. The van der Waals surface area contributed by atoms with Crippen LogP contribution in [0.15, 0.2) is 101 Å². The highest BCUT2D eigenvalue weighted by Crippen LogP contribution is 2.56. The molecule has 1 nitrogen and oxygen atoms in total. The van der Waals surface area contributed by atoms with Gasteiger partial charge in [0.05, 0.1) is 5.54 Å². The summed E-state index contributed by atoms with van der Waals surface area (Å²) in [7, 11) is 0. The van der Waals surface area contributed by atoms with E-state index in [0.29, 0.717) is 0 Å². The zero-order chi connectivity index (χ0) is 17.3. The van der Waals surface area contributed by atoms with Gasteiger partial charge in [0, 0.05) is 4.47 Å². The molecule has 0 radical (unpaired) electrons. The summed E-state index contributed by atoms with van der Waals surface area (Å²) in [6, 6.07) is 28.9. The average Bonchev–Trinajstić information content (AvgIpc) is 3.20. The van der Waals surface area contributed by atoms with Crippen molar-refractivity contribution in [3.8, 4) is 0 Å². The molecule has 0 atom stereocenters. The zero-order valence-electron chi connectivity index (χ0n) is 13.7. The summed E-state index contributed by atoms with van der Waals surface area (Å²) in [5.41, 5.74) is 12.1. The maximum Gasteiger partial charge on any atom is 0.0930 e. The highest BCUT2D eigenvalue weighted by molar-refractivity contribution is 9.10. The Morgan fingerprint density at radius 2 is 1.08 bits per heavy atom. The van der Waals surface area contributed by atoms with Gasteiger partial charge < -0.3 is 5.73 Å². The smallest absolute Gasteiger partial charge is 0.0930 e. The van der Waals surface area contributed by atoms with Gasteiger partial charge in [0.1, 0.15) is 0 Å². The van der Waals surface area contributed by atoms with E-state index >= 15 is 0 Å². The molecule has 4 rings (SSSR count). The van der Waals surface area contributed by atoms with E-state index in [-0.39, 0.29) is 0 Å². The van der Waals surface area contributed by atoms with Crippen LogP contribution in [-0.2, 0) is 5.54 Å². The van der Waals surface area contributed by atoms with Crippen LogP contribution in [0.5, 0.6) is 0 Å². The molecule has 1 saturated carbocycles. The third kappa shape index (κ3) is 3.11. The van der Waals surface area contributed by atoms with Crippen LogP contribution < -0.4 is 5.73 Å². The van der Waals surface area contributed by atoms with Crippen molar-refractivity contribution >= 4 is 28.1 Å². The van der Waals surface area contributed by atoms with Gasteiger partial charge in [0.25, 0.3) is 0 Å². The van der Waals surface area contributed by atoms with Crippen LogP contribution in [0.3, 0.4) is 0 Å². The number of benzene rings is 3. The summed E-state index contributed by atoms with van der Waals surface area (Å²) >= 11 is 3.50. The lowest BCUT2D eigenvalue weighted by molar-refractivity contribution is 0.828.